The van der Waals surface area contributed by atoms with Crippen molar-refractivity contribution in [3.8, 4) is 44.5 Å². The summed E-state index contributed by atoms with van der Waals surface area (Å²) in [5.74, 6) is 0. The van der Waals surface area contributed by atoms with Gasteiger partial charge in [0.1, 0.15) is 0 Å². The molecule has 0 aliphatic carbocycles. The number of hydrogen-bond donors (Lipinski definition) is 0. The Morgan fingerprint density at radius 1 is 0.179 bits per heavy atom. The predicted molar refractivity (Wildman–Crippen MR) is 242 cm³/mol. The first-order valence-electron chi connectivity index (χ1n) is 19.5. The molecule has 0 amide bonds. The minimum Gasteiger partial charge on any atom is -0.0616 e. The number of rotatable bonds is 4. The molecule has 56 heavy (non-hydrogen) atoms. The van der Waals surface area contributed by atoms with Gasteiger partial charge >= 0.3 is 0 Å². The molecule has 0 saturated heterocycles. The van der Waals surface area contributed by atoms with E-state index in [0.717, 1.165) is 0 Å². The Balaban J connectivity index is 0.959. The topological polar surface area (TPSA) is 0 Å². The lowest BCUT2D eigenvalue weighted by Gasteiger charge is -2.17. The van der Waals surface area contributed by atoms with E-state index in [0.29, 0.717) is 0 Å². The van der Waals surface area contributed by atoms with Gasteiger partial charge in [0.25, 0.3) is 0 Å². The first-order valence-corrected chi connectivity index (χ1v) is 19.5. The van der Waals surface area contributed by atoms with Crippen molar-refractivity contribution in [3.05, 3.63) is 206 Å². The SMILES string of the molecule is c1ccc2c(c1)cc(-c1ccc(-c3ccc4ccc5c(-c6ccc(-c7cc8ccccc8c8ccccc78)cc6)ccc6ccc3c4c65)cc1)c1ccccc12. The Hall–Kier alpha value is -7.28. The second kappa shape index (κ2) is 12.1. The van der Waals surface area contributed by atoms with Gasteiger partial charge in [-0.25, -0.2) is 0 Å². The molecule has 0 aromatic heterocycles. The summed E-state index contributed by atoms with van der Waals surface area (Å²) in [6, 6.07) is 76.6. The second-order valence-corrected chi connectivity index (χ2v) is 15.2. The van der Waals surface area contributed by atoms with Crippen LogP contribution in [0.4, 0.5) is 0 Å². The lowest BCUT2D eigenvalue weighted by atomic mass is 9.86. The van der Waals surface area contributed by atoms with Crippen molar-refractivity contribution in [2.24, 2.45) is 0 Å². The molecule has 12 rings (SSSR count). The average Bonchev–Trinajstić information content (AvgIpc) is 3.28. The molecule has 0 fully saturated rings. The van der Waals surface area contributed by atoms with Crippen LogP contribution in [0, 0.1) is 0 Å². The Bertz CT molecular complexity index is 3260. The fourth-order valence-corrected chi connectivity index (χ4v) is 9.55. The van der Waals surface area contributed by atoms with Crippen LogP contribution in [0.3, 0.4) is 0 Å². The van der Waals surface area contributed by atoms with E-state index in [1.54, 1.807) is 0 Å². The van der Waals surface area contributed by atoms with E-state index in [1.807, 2.05) is 0 Å². The third-order valence-corrected chi connectivity index (χ3v) is 12.2. The maximum absolute atomic E-state index is 2.35. The molecular weight excluding hydrogens is 673 g/mol. The molecule has 0 bridgehead atoms. The Morgan fingerprint density at radius 2 is 0.500 bits per heavy atom. The van der Waals surface area contributed by atoms with Gasteiger partial charge in [0.2, 0.25) is 0 Å². The number of hydrogen-bond acceptors (Lipinski definition) is 0. The van der Waals surface area contributed by atoms with Crippen molar-refractivity contribution < 1.29 is 0 Å². The standard InChI is InChI=1S/C56H34/c1-3-11-43-41(9-1)33-53(49-15-7-5-13-47(43)49)37-21-17-35(18-22-37)45-29-25-39-28-32-52-46(30-26-40-27-31-51(45)55(39)56(40)52)36-19-23-38(24-20-36)54-34-42-10-2-4-12-44(42)48-14-6-8-16-50(48)54/h1-34H. The van der Waals surface area contributed by atoms with E-state index >= 15 is 0 Å². The molecule has 258 valence electrons. The van der Waals surface area contributed by atoms with Crippen molar-refractivity contribution in [2.45, 2.75) is 0 Å². The van der Waals surface area contributed by atoms with Crippen LogP contribution in [0.15, 0.2) is 206 Å². The zero-order chi connectivity index (χ0) is 36.7. The monoisotopic (exact) mass is 706 g/mol. The largest absolute Gasteiger partial charge is 0.0616 e. The molecule has 0 heteroatoms. The predicted octanol–water partition coefficient (Wildman–Crippen LogP) is 15.9. The number of fused-ring (bicyclic) bond motifs is 6. The van der Waals surface area contributed by atoms with Gasteiger partial charge in [0.15, 0.2) is 0 Å². The van der Waals surface area contributed by atoms with Gasteiger partial charge in [-0.3, -0.25) is 0 Å². The lowest BCUT2D eigenvalue weighted by Crippen LogP contribution is -1.90. The fourth-order valence-electron chi connectivity index (χ4n) is 9.55. The van der Waals surface area contributed by atoms with E-state index in [2.05, 4.69) is 206 Å². The first kappa shape index (κ1) is 31.1. The zero-order valence-corrected chi connectivity index (χ0v) is 30.6. The van der Waals surface area contributed by atoms with Crippen molar-refractivity contribution >= 4 is 75.4 Å². The molecule has 0 nitrogen and oxygen atoms in total. The molecule has 12 aromatic rings. The highest BCUT2D eigenvalue weighted by molar-refractivity contribution is 6.27. The smallest absolute Gasteiger partial charge is 0.00203 e. The third-order valence-electron chi connectivity index (χ3n) is 12.2. The summed E-state index contributed by atoms with van der Waals surface area (Å²) in [6.07, 6.45) is 0. The van der Waals surface area contributed by atoms with E-state index in [4.69, 9.17) is 0 Å². The zero-order valence-electron chi connectivity index (χ0n) is 30.6. The minimum absolute atomic E-state index is 1.23. The molecule has 0 saturated carbocycles. The third kappa shape index (κ3) is 4.66. The van der Waals surface area contributed by atoms with Crippen molar-refractivity contribution in [1.29, 1.82) is 0 Å². The van der Waals surface area contributed by atoms with Crippen molar-refractivity contribution in [3.63, 3.8) is 0 Å². The molecule has 12 aromatic carbocycles. The molecule has 0 N–H and O–H groups in total. The quantitative estimate of drug-likeness (QED) is 0.160. The molecule has 0 spiro atoms. The van der Waals surface area contributed by atoms with Crippen LogP contribution in [0.5, 0.6) is 0 Å². The average molecular weight is 707 g/mol. The van der Waals surface area contributed by atoms with Crippen LogP contribution < -0.4 is 0 Å². The van der Waals surface area contributed by atoms with Gasteiger partial charge < -0.3 is 0 Å². The Labute approximate surface area is 324 Å². The van der Waals surface area contributed by atoms with Crippen LogP contribution >= 0.6 is 0 Å². The molecule has 0 aliphatic heterocycles. The van der Waals surface area contributed by atoms with Gasteiger partial charge in [0.05, 0.1) is 0 Å². The normalized spacial score (nSPS) is 11.9. The van der Waals surface area contributed by atoms with E-state index in [1.165, 1.54) is 120 Å². The van der Waals surface area contributed by atoms with Gasteiger partial charge in [0, 0.05) is 0 Å². The van der Waals surface area contributed by atoms with Crippen molar-refractivity contribution in [2.75, 3.05) is 0 Å². The molecule has 0 aliphatic rings. The Morgan fingerprint density at radius 3 is 0.911 bits per heavy atom. The highest BCUT2D eigenvalue weighted by Gasteiger charge is 2.16. The maximum Gasteiger partial charge on any atom is -0.00203 e. The summed E-state index contributed by atoms with van der Waals surface area (Å²) in [4.78, 5) is 0. The molecule has 0 heterocycles. The van der Waals surface area contributed by atoms with E-state index in [-0.39, 0.29) is 0 Å². The van der Waals surface area contributed by atoms with Crippen LogP contribution in [0.2, 0.25) is 0 Å². The van der Waals surface area contributed by atoms with Crippen LogP contribution in [0.25, 0.3) is 120 Å². The molecule has 0 unspecified atom stereocenters. The van der Waals surface area contributed by atoms with Gasteiger partial charge in [-0.1, -0.05) is 194 Å². The second-order valence-electron chi connectivity index (χ2n) is 15.2. The number of benzene rings is 12. The van der Waals surface area contributed by atoms with Gasteiger partial charge in [-0.15, -0.1) is 0 Å². The van der Waals surface area contributed by atoms with Gasteiger partial charge in [-0.05, 0) is 132 Å². The lowest BCUT2D eigenvalue weighted by molar-refractivity contribution is 1.63. The molecule has 0 radical (unpaired) electrons. The summed E-state index contributed by atoms with van der Waals surface area (Å²) in [7, 11) is 0. The minimum atomic E-state index is 1.23. The first-order chi connectivity index (χ1) is 27.8. The molecular formula is C56H34. The Kier molecular flexibility index (Phi) is 6.73. The van der Waals surface area contributed by atoms with Crippen LogP contribution in [-0.2, 0) is 0 Å². The van der Waals surface area contributed by atoms with E-state index in [9.17, 15) is 0 Å². The summed E-state index contributed by atoms with van der Waals surface area (Å²) >= 11 is 0. The summed E-state index contributed by atoms with van der Waals surface area (Å²) in [6.45, 7) is 0. The summed E-state index contributed by atoms with van der Waals surface area (Å²) < 4.78 is 0. The van der Waals surface area contributed by atoms with E-state index < -0.39 is 0 Å². The van der Waals surface area contributed by atoms with Crippen molar-refractivity contribution in [1.82, 2.24) is 0 Å². The highest BCUT2D eigenvalue weighted by Crippen LogP contribution is 2.44. The highest BCUT2D eigenvalue weighted by atomic mass is 14.2. The maximum atomic E-state index is 2.35. The summed E-state index contributed by atoms with van der Waals surface area (Å²) in [5.41, 5.74) is 10.00. The van der Waals surface area contributed by atoms with Crippen LogP contribution in [-0.4, -0.2) is 0 Å². The van der Waals surface area contributed by atoms with Gasteiger partial charge in [-0.2, -0.15) is 0 Å². The fraction of sp³-hybridized carbons (Fsp3) is 0. The van der Waals surface area contributed by atoms with Crippen LogP contribution in [0.1, 0.15) is 0 Å². The molecule has 0 atom stereocenters. The summed E-state index contributed by atoms with van der Waals surface area (Å²) in [5, 5.41) is 18.1.